The van der Waals surface area contributed by atoms with E-state index in [1.807, 2.05) is 30.9 Å². The van der Waals surface area contributed by atoms with Crippen molar-refractivity contribution in [2.75, 3.05) is 39.4 Å². The zero-order valence-corrected chi connectivity index (χ0v) is 17.1. The molecular formula is C23H30N2O3. The Hall–Kier alpha value is -2.53. The smallest absolute Gasteiger partial charge is 0.254 e. The number of nitrogens with zero attached hydrogens (tertiary/aromatic N) is 2. The van der Waals surface area contributed by atoms with E-state index in [0.717, 1.165) is 32.7 Å². The largest absolute Gasteiger partial charge is 0.490 e. The Labute approximate surface area is 167 Å². The molecule has 28 heavy (non-hydrogen) atoms. The summed E-state index contributed by atoms with van der Waals surface area (Å²) >= 11 is 0. The number of ether oxygens (including phenoxy) is 2. The van der Waals surface area contributed by atoms with E-state index in [1.54, 1.807) is 6.07 Å². The molecule has 0 radical (unpaired) electrons. The highest BCUT2D eigenvalue weighted by atomic mass is 16.5. The molecule has 1 fully saturated rings. The molecule has 1 saturated heterocycles. The molecule has 1 amide bonds. The molecule has 0 bridgehead atoms. The fraction of sp³-hybridized carbons (Fsp3) is 0.435. The number of hydrogen-bond donors (Lipinski definition) is 0. The molecule has 1 aliphatic rings. The second-order valence-corrected chi connectivity index (χ2v) is 7.08. The number of amides is 1. The van der Waals surface area contributed by atoms with Crippen LogP contribution < -0.4 is 9.47 Å². The van der Waals surface area contributed by atoms with Gasteiger partial charge in [0.15, 0.2) is 11.5 Å². The summed E-state index contributed by atoms with van der Waals surface area (Å²) in [6, 6.07) is 14.1. The number of benzene rings is 2. The fourth-order valence-electron chi connectivity index (χ4n) is 3.43. The van der Waals surface area contributed by atoms with Crippen LogP contribution in [-0.4, -0.2) is 55.1 Å². The Kier molecular flexibility index (Phi) is 6.93. The highest BCUT2D eigenvalue weighted by Gasteiger charge is 2.23. The van der Waals surface area contributed by atoms with Crippen LogP contribution in [0.5, 0.6) is 11.5 Å². The molecule has 2 aromatic rings. The lowest BCUT2D eigenvalue weighted by molar-refractivity contribution is 0.0628. The molecule has 1 heterocycles. The summed E-state index contributed by atoms with van der Waals surface area (Å²) in [5.74, 6) is 1.37. The van der Waals surface area contributed by atoms with Crippen molar-refractivity contribution in [1.29, 1.82) is 0 Å². The van der Waals surface area contributed by atoms with Gasteiger partial charge in [0.25, 0.3) is 5.91 Å². The fourth-order valence-corrected chi connectivity index (χ4v) is 3.43. The van der Waals surface area contributed by atoms with Crippen LogP contribution >= 0.6 is 0 Å². The van der Waals surface area contributed by atoms with Crippen molar-refractivity contribution in [2.24, 2.45) is 0 Å². The average Bonchev–Trinajstić information content (AvgIpc) is 2.71. The average molecular weight is 383 g/mol. The maximum Gasteiger partial charge on any atom is 0.254 e. The topological polar surface area (TPSA) is 42.0 Å². The maximum atomic E-state index is 12.9. The monoisotopic (exact) mass is 382 g/mol. The van der Waals surface area contributed by atoms with Gasteiger partial charge in [0, 0.05) is 38.3 Å². The van der Waals surface area contributed by atoms with Gasteiger partial charge in [0.2, 0.25) is 0 Å². The predicted octanol–water partition coefficient (Wildman–Crippen LogP) is 3.75. The van der Waals surface area contributed by atoms with Gasteiger partial charge in [-0.25, -0.2) is 0 Å². The van der Waals surface area contributed by atoms with Crippen LogP contribution in [-0.2, 0) is 6.54 Å². The predicted molar refractivity (Wildman–Crippen MR) is 111 cm³/mol. The van der Waals surface area contributed by atoms with Gasteiger partial charge in [0.05, 0.1) is 13.2 Å². The molecule has 0 aromatic heterocycles. The quantitative estimate of drug-likeness (QED) is 0.731. The Morgan fingerprint density at radius 3 is 2.18 bits per heavy atom. The summed E-state index contributed by atoms with van der Waals surface area (Å²) < 4.78 is 11.2. The number of aryl methyl sites for hydroxylation is 1. The van der Waals surface area contributed by atoms with Crippen molar-refractivity contribution in [1.82, 2.24) is 9.80 Å². The molecular weight excluding hydrogens is 352 g/mol. The van der Waals surface area contributed by atoms with E-state index >= 15 is 0 Å². The molecule has 3 rings (SSSR count). The molecule has 150 valence electrons. The normalized spacial score (nSPS) is 14.8. The number of rotatable bonds is 7. The Balaban J connectivity index is 1.60. The standard InChI is InChI=1S/C23H30N2O3/c1-4-27-21-11-10-20(16-22(21)28-5-2)23(26)25-14-12-24(13-15-25)17-19-8-6-18(3)7-9-19/h6-11,16H,4-5,12-15,17H2,1-3H3. The number of piperazine rings is 1. The molecule has 0 saturated carbocycles. The highest BCUT2D eigenvalue weighted by Crippen LogP contribution is 2.29. The maximum absolute atomic E-state index is 12.9. The minimum Gasteiger partial charge on any atom is -0.490 e. The van der Waals surface area contributed by atoms with Gasteiger partial charge in [-0.3, -0.25) is 9.69 Å². The second kappa shape index (κ2) is 9.60. The van der Waals surface area contributed by atoms with Gasteiger partial charge in [-0.1, -0.05) is 29.8 Å². The zero-order valence-electron chi connectivity index (χ0n) is 17.1. The first kappa shape index (κ1) is 20.2. The summed E-state index contributed by atoms with van der Waals surface area (Å²) in [6.45, 7) is 11.2. The van der Waals surface area contributed by atoms with Crippen LogP contribution in [0.15, 0.2) is 42.5 Å². The summed E-state index contributed by atoms with van der Waals surface area (Å²) in [6.07, 6.45) is 0. The van der Waals surface area contributed by atoms with Gasteiger partial charge in [-0.2, -0.15) is 0 Å². The van der Waals surface area contributed by atoms with Crippen LogP contribution in [0.4, 0.5) is 0 Å². The van der Waals surface area contributed by atoms with Crippen LogP contribution in [0, 0.1) is 6.92 Å². The highest BCUT2D eigenvalue weighted by molar-refractivity contribution is 5.95. The molecule has 1 aliphatic heterocycles. The first-order chi connectivity index (χ1) is 13.6. The number of carbonyl (C=O) groups is 1. The van der Waals surface area contributed by atoms with Gasteiger partial charge in [-0.15, -0.1) is 0 Å². The van der Waals surface area contributed by atoms with E-state index in [1.165, 1.54) is 11.1 Å². The third-order valence-corrected chi connectivity index (χ3v) is 4.98. The third-order valence-electron chi connectivity index (χ3n) is 4.98. The van der Waals surface area contributed by atoms with Gasteiger partial charge >= 0.3 is 0 Å². The van der Waals surface area contributed by atoms with E-state index in [0.29, 0.717) is 30.3 Å². The molecule has 2 aromatic carbocycles. The number of carbonyl (C=O) groups excluding carboxylic acids is 1. The first-order valence-electron chi connectivity index (χ1n) is 10.1. The van der Waals surface area contributed by atoms with Gasteiger partial charge < -0.3 is 14.4 Å². The van der Waals surface area contributed by atoms with E-state index in [4.69, 9.17) is 9.47 Å². The first-order valence-corrected chi connectivity index (χ1v) is 10.1. The molecule has 5 nitrogen and oxygen atoms in total. The van der Waals surface area contributed by atoms with E-state index in [9.17, 15) is 4.79 Å². The molecule has 5 heteroatoms. The van der Waals surface area contributed by atoms with Gasteiger partial charge in [-0.05, 0) is 44.5 Å². The minimum atomic E-state index is 0.0546. The summed E-state index contributed by atoms with van der Waals surface area (Å²) in [7, 11) is 0. The van der Waals surface area contributed by atoms with E-state index in [-0.39, 0.29) is 5.91 Å². The van der Waals surface area contributed by atoms with Crippen molar-refractivity contribution in [3.8, 4) is 11.5 Å². The summed E-state index contributed by atoms with van der Waals surface area (Å²) in [5.41, 5.74) is 3.25. The van der Waals surface area contributed by atoms with Crippen LogP contribution in [0.25, 0.3) is 0 Å². The number of hydrogen-bond acceptors (Lipinski definition) is 4. The zero-order chi connectivity index (χ0) is 19.9. The van der Waals surface area contributed by atoms with Crippen molar-refractivity contribution in [2.45, 2.75) is 27.3 Å². The molecule has 0 aliphatic carbocycles. The molecule has 0 spiro atoms. The Bertz CT molecular complexity index is 781. The summed E-state index contributed by atoms with van der Waals surface area (Å²) in [4.78, 5) is 17.3. The van der Waals surface area contributed by atoms with E-state index < -0.39 is 0 Å². The van der Waals surface area contributed by atoms with Crippen molar-refractivity contribution in [3.05, 3.63) is 59.2 Å². The lowest BCUT2D eigenvalue weighted by atomic mass is 10.1. The Morgan fingerprint density at radius 2 is 1.54 bits per heavy atom. The SMILES string of the molecule is CCOc1ccc(C(=O)N2CCN(Cc3ccc(C)cc3)CC2)cc1OCC. The summed E-state index contributed by atoms with van der Waals surface area (Å²) in [5, 5.41) is 0. The Morgan fingerprint density at radius 1 is 0.893 bits per heavy atom. The van der Waals surface area contributed by atoms with Crippen LogP contribution in [0.2, 0.25) is 0 Å². The van der Waals surface area contributed by atoms with Crippen LogP contribution in [0.3, 0.4) is 0 Å². The minimum absolute atomic E-state index is 0.0546. The van der Waals surface area contributed by atoms with Crippen LogP contribution in [0.1, 0.15) is 35.3 Å². The van der Waals surface area contributed by atoms with Crippen molar-refractivity contribution >= 4 is 5.91 Å². The van der Waals surface area contributed by atoms with Gasteiger partial charge in [0.1, 0.15) is 0 Å². The molecule has 0 unspecified atom stereocenters. The van der Waals surface area contributed by atoms with E-state index in [2.05, 4.69) is 36.1 Å². The second-order valence-electron chi connectivity index (χ2n) is 7.08. The third kappa shape index (κ3) is 5.04. The van der Waals surface area contributed by atoms with Crippen molar-refractivity contribution < 1.29 is 14.3 Å². The lowest BCUT2D eigenvalue weighted by Gasteiger charge is -2.35. The molecule has 0 N–H and O–H groups in total. The van der Waals surface area contributed by atoms with Crippen molar-refractivity contribution in [3.63, 3.8) is 0 Å². The molecule has 0 atom stereocenters. The lowest BCUT2D eigenvalue weighted by Crippen LogP contribution is -2.48.